The molecular weight excluding hydrogens is 204 g/mol. The van der Waals surface area contributed by atoms with Crippen LogP contribution in [0.15, 0.2) is 0 Å². The zero-order valence-electron chi connectivity index (χ0n) is 10.8. The number of aliphatic hydroxyl groups is 1. The summed E-state index contributed by atoms with van der Waals surface area (Å²) in [5.41, 5.74) is 5.55. The van der Waals surface area contributed by atoms with Crippen molar-refractivity contribution in [1.82, 2.24) is 4.90 Å². The zero-order chi connectivity index (χ0) is 12.6. The van der Waals surface area contributed by atoms with Crippen LogP contribution in [0.1, 0.15) is 46.0 Å². The number of nitrogens with two attached hydrogens (primary N) is 1. The molecule has 4 heteroatoms. The molecule has 0 fully saturated rings. The molecule has 0 bridgehead atoms. The lowest BCUT2D eigenvalue weighted by atomic mass is 10.00. The molecule has 0 rings (SSSR count). The number of hydrogen-bond acceptors (Lipinski definition) is 3. The van der Waals surface area contributed by atoms with Crippen molar-refractivity contribution in [2.24, 2.45) is 5.73 Å². The van der Waals surface area contributed by atoms with Crippen LogP contribution in [0.4, 0.5) is 0 Å². The van der Waals surface area contributed by atoms with Gasteiger partial charge in [-0.2, -0.15) is 0 Å². The Kier molecular flexibility index (Phi) is 7.34. The summed E-state index contributed by atoms with van der Waals surface area (Å²) in [4.78, 5) is 13.4. The first-order valence-electron chi connectivity index (χ1n) is 6.00. The van der Waals surface area contributed by atoms with Gasteiger partial charge in [0, 0.05) is 32.2 Å². The quantitative estimate of drug-likeness (QED) is 0.614. The lowest BCUT2D eigenvalue weighted by Gasteiger charge is -2.21. The number of aliphatic hydroxyl groups excluding tert-OH is 1. The minimum absolute atomic E-state index is 0.155. The highest BCUT2D eigenvalue weighted by atomic mass is 16.2. The van der Waals surface area contributed by atoms with Gasteiger partial charge in [0.15, 0.2) is 0 Å². The maximum atomic E-state index is 11.7. The molecule has 0 saturated heterocycles. The molecule has 0 aliphatic heterocycles. The second kappa shape index (κ2) is 7.63. The molecule has 0 aromatic carbocycles. The Morgan fingerprint density at radius 1 is 1.31 bits per heavy atom. The van der Waals surface area contributed by atoms with E-state index in [0.717, 1.165) is 25.8 Å². The van der Waals surface area contributed by atoms with Gasteiger partial charge < -0.3 is 15.7 Å². The van der Waals surface area contributed by atoms with Crippen LogP contribution in [-0.4, -0.2) is 41.7 Å². The number of amides is 1. The van der Waals surface area contributed by atoms with Crippen molar-refractivity contribution in [1.29, 1.82) is 0 Å². The molecule has 0 atom stereocenters. The van der Waals surface area contributed by atoms with Crippen molar-refractivity contribution in [2.75, 3.05) is 20.2 Å². The molecule has 0 saturated carbocycles. The number of nitrogens with zero attached hydrogens (tertiary/aromatic N) is 1. The summed E-state index contributed by atoms with van der Waals surface area (Å²) in [5, 5.41) is 8.62. The van der Waals surface area contributed by atoms with E-state index in [9.17, 15) is 4.79 Å². The summed E-state index contributed by atoms with van der Waals surface area (Å²) in [6.45, 7) is 4.87. The Hall–Kier alpha value is -0.610. The molecule has 0 heterocycles. The van der Waals surface area contributed by atoms with Crippen molar-refractivity contribution in [2.45, 2.75) is 51.5 Å². The fourth-order valence-corrected chi connectivity index (χ4v) is 1.38. The molecule has 0 radical (unpaired) electrons. The second-order valence-corrected chi connectivity index (χ2v) is 5.09. The number of unbranched alkanes of at least 4 members (excludes halogenated alkanes) is 2. The zero-order valence-corrected chi connectivity index (χ0v) is 10.8. The van der Waals surface area contributed by atoms with Crippen molar-refractivity contribution >= 4 is 5.91 Å². The normalized spacial score (nSPS) is 11.6. The summed E-state index contributed by atoms with van der Waals surface area (Å²) in [6.07, 6.45) is 3.97. The number of hydrogen-bond donors (Lipinski definition) is 2. The number of carbonyl (C=O) groups excluding carboxylic acids is 1. The van der Waals surface area contributed by atoms with Crippen molar-refractivity contribution in [3.05, 3.63) is 0 Å². The smallest absolute Gasteiger partial charge is 0.222 e. The van der Waals surface area contributed by atoms with Crippen LogP contribution in [0.3, 0.4) is 0 Å². The molecule has 3 N–H and O–H groups in total. The summed E-state index contributed by atoms with van der Waals surface area (Å²) >= 11 is 0. The van der Waals surface area contributed by atoms with E-state index in [2.05, 4.69) is 0 Å². The first-order chi connectivity index (χ1) is 7.37. The highest BCUT2D eigenvalue weighted by Gasteiger charge is 2.15. The lowest BCUT2D eigenvalue weighted by molar-refractivity contribution is -0.130. The number of rotatable bonds is 8. The van der Waals surface area contributed by atoms with E-state index < -0.39 is 0 Å². The van der Waals surface area contributed by atoms with Crippen LogP contribution in [0.2, 0.25) is 0 Å². The van der Waals surface area contributed by atoms with E-state index in [-0.39, 0.29) is 18.1 Å². The Labute approximate surface area is 98.8 Å². The molecule has 0 aliphatic carbocycles. The van der Waals surface area contributed by atoms with Gasteiger partial charge in [0.25, 0.3) is 0 Å². The first kappa shape index (κ1) is 15.4. The van der Waals surface area contributed by atoms with Crippen molar-refractivity contribution < 1.29 is 9.90 Å². The Morgan fingerprint density at radius 2 is 1.94 bits per heavy atom. The average Bonchev–Trinajstić information content (AvgIpc) is 2.19. The number of carbonyl (C=O) groups is 1. The van der Waals surface area contributed by atoms with E-state index in [1.807, 2.05) is 20.9 Å². The van der Waals surface area contributed by atoms with E-state index in [0.29, 0.717) is 12.8 Å². The molecule has 0 aromatic rings. The van der Waals surface area contributed by atoms with Crippen LogP contribution in [-0.2, 0) is 4.79 Å². The van der Waals surface area contributed by atoms with Crippen molar-refractivity contribution in [3.8, 4) is 0 Å². The van der Waals surface area contributed by atoms with Crippen LogP contribution >= 0.6 is 0 Å². The van der Waals surface area contributed by atoms with Crippen LogP contribution < -0.4 is 5.73 Å². The second-order valence-electron chi connectivity index (χ2n) is 5.09. The van der Waals surface area contributed by atoms with Gasteiger partial charge in [-0.25, -0.2) is 0 Å². The minimum Gasteiger partial charge on any atom is -0.396 e. The average molecular weight is 230 g/mol. The van der Waals surface area contributed by atoms with Gasteiger partial charge in [-0.3, -0.25) is 4.79 Å². The van der Waals surface area contributed by atoms with Gasteiger partial charge in [-0.15, -0.1) is 0 Å². The van der Waals surface area contributed by atoms with E-state index >= 15 is 0 Å². The van der Waals surface area contributed by atoms with Gasteiger partial charge in [-0.1, -0.05) is 0 Å². The van der Waals surface area contributed by atoms with Crippen LogP contribution in [0.25, 0.3) is 0 Å². The third-order valence-electron chi connectivity index (χ3n) is 2.56. The Balaban J connectivity index is 3.65. The third-order valence-corrected chi connectivity index (χ3v) is 2.56. The fraction of sp³-hybridized carbons (Fsp3) is 0.917. The Morgan fingerprint density at radius 3 is 2.44 bits per heavy atom. The van der Waals surface area contributed by atoms with E-state index in [1.54, 1.807) is 4.90 Å². The summed E-state index contributed by atoms with van der Waals surface area (Å²) < 4.78 is 0. The minimum atomic E-state index is -0.270. The molecule has 0 aromatic heterocycles. The maximum absolute atomic E-state index is 11.7. The van der Waals surface area contributed by atoms with E-state index in [1.165, 1.54) is 0 Å². The first-order valence-corrected chi connectivity index (χ1v) is 6.00. The molecule has 0 spiro atoms. The standard InChI is InChI=1S/C12H26N2O2/c1-12(2,13)8-7-11(16)14(3)9-5-4-6-10-15/h15H,4-10,13H2,1-3H3. The predicted molar refractivity (Wildman–Crippen MR) is 66.1 cm³/mol. The Bertz CT molecular complexity index is 200. The van der Waals surface area contributed by atoms with Gasteiger partial charge in [0.2, 0.25) is 5.91 Å². The monoisotopic (exact) mass is 230 g/mol. The van der Waals surface area contributed by atoms with Gasteiger partial charge in [0.05, 0.1) is 0 Å². The lowest BCUT2D eigenvalue weighted by Crippen LogP contribution is -2.35. The fourth-order valence-electron chi connectivity index (χ4n) is 1.38. The predicted octanol–water partition coefficient (Wildman–Crippen LogP) is 1.12. The van der Waals surface area contributed by atoms with Crippen LogP contribution in [0, 0.1) is 0 Å². The van der Waals surface area contributed by atoms with Gasteiger partial charge >= 0.3 is 0 Å². The highest BCUT2D eigenvalue weighted by Crippen LogP contribution is 2.09. The van der Waals surface area contributed by atoms with Crippen LogP contribution in [0.5, 0.6) is 0 Å². The molecular formula is C12H26N2O2. The molecule has 0 aliphatic rings. The van der Waals surface area contributed by atoms with E-state index in [4.69, 9.17) is 10.8 Å². The molecule has 1 amide bonds. The third kappa shape index (κ3) is 8.68. The molecule has 4 nitrogen and oxygen atoms in total. The highest BCUT2D eigenvalue weighted by molar-refractivity contribution is 5.75. The summed E-state index contributed by atoms with van der Waals surface area (Å²) in [7, 11) is 1.82. The largest absolute Gasteiger partial charge is 0.396 e. The summed E-state index contributed by atoms with van der Waals surface area (Å²) in [6, 6.07) is 0. The SMILES string of the molecule is CN(CCCCCO)C(=O)CCC(C)(C)N. The maximum Gasteiger partial charge on any atom is 0.222 e. The van der Waals surface area contributed by atoms with Gasteiger partial charge in [0.1, 0.15) is 0 Å². The molecule has 16 heavy (non-hydrogen) atoms. The molecule has 96 valence electrons. The summed E-state index contributed by atoms with van der Waals surface area (Å²) in [5.74, 6) is 0.155. The van der Waals surface area contributed by atoms with Crippen molar-refractivity contribution in [3.63, 3.8) is 0 Å². The van der Waals surface area contributed by atoms with Gasteiger partial charge in [-0.05, 0) is 39.5 Å². The topological polar surface area (TPSA) is 66.6 Å². The molecule has 0 unspecified atom stereocenters.